The lowest BCUT2D eigenvalue weighted by Gasteiger charge is -2.41. The zero-order valence-electron chi connectivity index (χ0n) is 22.0. The van der Waals surface area contributed by atoms with Crippen LogP contribution in [0.3, 0.4) is 0 Å². The maximum atomic E-state index is 13.8. The molecule has 2 amide bonds. The molecule has 1 aliphatic rings. The summed E-state index contributed by atoms with van der Waals surface area (Å²) in [5.41, 5.74) is 2.62. The predicted molar refractivity (Wildman–Crippen MR) is 150 cm³/mol. The first-order valence-electron chi connectivity index (χ1n) is 12.6. The van der Waals surface area contributed by atoms with Gasteiger partial charge in [0.25, 0.3) is 0 Å². The molecule has 0 fully saturated rings. The lowest BCUT2D eigenvalue weighted by molar-refractivity contribution is -0.130. The van der Waals surface area contributed by atoms with E-state index in [0.29, 0.717) is 39.4 Å². The average Bonchev–Trinajstić information content (AvgIpc) is 3.54. The van der Waals surface area contributed by atoms with Crippen LogP contribution in [0.1, 0.15) is 55.1 Å². The van der Waals surface area contributed by atoms with Crippen LogP contribution in [0.4, 0.5) is 0 Å². The summed E-state index contributed by atoms with van der Waals surface area (Å²) in [7, 11) is 1.24. The van der Waals surface area contributed by atoms with Crippen LogP contribution < -0.4 is 5.32 Å². The molecule has 0 radical (unpaired) electrons. The molecule has 1 aliphatic heterocycles. The number of fused-ring (bicyclic) bond motifs is 1. The van der Waals surface area contributed by atoms with Gasteiger partial charge >= 0.3 is 11.9 Å². The number of rotatable bonds is 8. The van der Waals surface area contributed by atoms with Crippen molar-refractivity contribution in [3.8, 4) is 5.69 Å². The summed E-state index contributed by atoms with van der Waals surface area (Å²) in [4.78, 5) is 52.0. The number of ether oxygens (including phenoxy) is 1. The molecule has 2 heterocycles. The summed E-state index contributed by atoms with van der Waals surface area (Å²) in [6, 6.07) is 16.2. The Morgan fingerprint density at radius 1 is 1.07 bits per heavy atom. The van der Waals surface area contributed by atoms with Crippen LogP contribution in [0.5, 0.6) is 0 Å². The number of carbonyl (C=O) groups excluding carboxylic acids is 3. The summed E-state index contributed by atoms with van der Waals surface area (Å²) in [5, 5.41) is 24.2. The van der Waals surface area contributed by atoms with Gasteiger partial charge in [0.15, 0.2) is 0 Å². The number of carboxylic acid groups (broad SMARTS) is 1. The van der Waals surface area contributed by atoms with Crippen molar-refractivity contribution in [3.05, 3.63) is 111 Å². The molecule has 0 aliphatic carbocycles. The van der Waals surface area contributed by atoms with E-state index in [0.717, 1.165) is 0 Å². The van der Waals surface area contributed by atoms with E-state index in [1.807, 2.05) is 0 Å². The highest BCUT2D eigenvalue weighted by Crippen LogP contribution is 2.41. The van der Waals surface area contributed by atoms with Crippen molar-refractivity contribution in [1.82, 2.24) is 30.4 Å². The molecule has 2 atom stereocenters. The Hall–Kier alpha value is -5.36. The van der Waals surface area contributed by atoms with Gasteiger partial charge in [0, 0.05) is 29.1 Å². The molecule has 42 heavy (non-hydrogen) atoms. The summed E-state index contributed by atoms with van der Waals surface area (Å²) >= 11 is 6.22. The fourth-order valence-corrected chi connectivity index (χ4v) is 5.35. The van der Waals surface area contributed by atoms with E-state index in [-0.39, 0.29) is 17.7 Å². The van der Waals surface area contributed by atoms with Crippen molar-refractivity contribution in [3.63, 3.8) is 0 Å². The first kappa shape index (κ1) is 28.2. The Bertz CT molecular complexity index is 1710. The van der Waals surface area contributed by atoms with Gasteiger partial charge in [-0.15, -0.1) is 5.10 Å². The van der Waals surface area contributed by atoms with E-state index in [9.17, 15) is 24.3 Å². The third-order valence-corrected chi connectivity index (χ3v) is 7.18. The van der Waals surface area contributed by atoms with Crippen molar-refractivity contribution >= 4 is 41.9 Å². The number of tetrazole rings is 1. The summed E-state index contributed by atoms with van der Waals surface area (Å²) in [6.45, 7) is -0.0601. The summed E-state index contributed by atoms with van der Waals surface area (Å²) < 4.78 is 6.43. The average molecular weight is 587 g/mol. The van der Waals surface area contributed by atoms with Crippen LogP contribution in [-0.4, -0.2) is 68.1 Å². The van der Waals surface area contributed by atoms with Crippen LogP contribution in [-0.2, 0) is 14.3 Å². The number of halogens is 1. The van der Waals surface area contributed by atoms with Crippen molar-refractivity contribution in [1.29, 1.82) is 0 Å². The van der Waals surface area contributed by atoms with Crippen LogP contribution in [0.25, 0.3) is 11.8 Å². The number of aromatic carboxylic acids is 1. The van der Waals surface area contributed by atoms with Crippen molar-refractivity contribution in [2.75, 3.05) is 13.7 Å². The minimum atomic E-state index is -1.16. The Morgan fingerprint density at radius 2 is 1.83 bits per heavy atom. The molecular formula is C29H23ClN6O6. The molecule has 0 saturated heterocycles. The van der Waals surface area contributed by atoms with Crippen LogP contribution in [0, 0.1) is 0 Å². The number of hydrogen-bond donors (Lipinski definition) is 2. The van der Waals surface area contributed by atoms with E-state index in [1.54, 1.807) is 60.7 Å². The minimum Gasteiger partial charge on any atom is -0.478 e. The third-order valence-electron chi connectivity index (χ3n) is 6.95. The van der Waals surface area contributed by atoms with Gasteiger partial charge in [0.2, 0.25) is 12.3 Å². The summed E-state index contributed by atoms with van der Waals surface area (Å²) in [5.74, 6) is -3.04. The number of methoxy groups -OCH3 is 1. The highest BCUT2D eigenvalue weighted by Gasteiger charge is 2.39. The minimum absolute atomic E-state index is 0.0165. The van der Waals surface area contributed by atoms with Crippen molar-refractivity contribution in [2.45, 2.75) is 12.1 Å². The second kappa shape index (κ2) is 12.0. The largest absolute Gasteiger partial charge is 0.478 e. The van der Waals surface area contributed by atoms with Gasteiger partial charge < -0.3 is 20.1 Å². The molecule has 4 aromatic rings. The Kier molecular flexibility index (Phi) is 8.07. The molecule has 12 nitrogen and oxygen atoms in total. The number of carboxylic acids is 1. The smallest absolute Gasteiger partial charge is 0.338 e. The topological polar surface area (TPSA) is 157 Å². The number of aromatic nitrogens is 4. The van der Waals surface area contributed by atoms with Crippen LogP contribution >= 0.6 is 11.6 Å². The second-order valence-electron chi connectivity index (χ2n) is 9.21. The van der Waals surface area contributed by atoms with Gasteiger partial charge in [-0.25, -0.2) is 9.59 Å². The van der Waals surface area contributed by atoms with Gasteiger partial charge in [-0.3, -0.25) is 9.59 Å². The molecule has 0 saturated carbocycles. The van der Waals surface area contributed by atoms with Gasteiger partial charge in [-0.2, -0.15) is 4.68 Å². The van der Waals surface area contributed by atoms with Crippen molar-refractivity contribution in [2.24, 2.45) is 0 Å². The predicted octanol–water partition coefficient (Wildman–Crippen LogP) is 3.23. The van der Waals surface area contributed by atoms with E-state index in [2.05, 4.69) is 20.8 Å². The lowest BCUT2D eigenvalue weighted by atomic mass is 9.79. The van der Waals surface area contributed by atoms with E-state index < -0.39 is 29.9 Å². The summed E-state index contributed by atoms with van der Waals surface area (Å²) in [6.07, 6.45) is 3.75. The number of carbonyl (C=O) groups is 4. The Balaban J connectivity index is 1.63. The van der Waals surface area contributed by atoms with Gasteiger partial charge in [0.05, 0.1) is 23.9 Å². The molecule has 13 heteroatoms. The van der Waals surface area contributed by atoms with Crippen LogP contribution in [0.15, 0.2) is 73.1 Å². The normalized spacial score (nSPS) is 16.1. The van der Waals surface area contributed by atoms with E-state index in [1.165, 1.54) is 35.2 Å². The fourth-order valence-electron chi connectivity index (χ4n) is 5.17. The van der Waals surface area contributed by atoms with Crippen LogP contribution in [0.2, 0.25) is 5.02 Å². The quantitative estimate of drug-likeness (QED) is 0.180. The van der Waals surface area contributed by atoms with Gasteiger partial charge in [0.1, 0.15) is 12.5 Å². The highest BCUT2D eigenvalue weighted by atomic mass is 35.5. The standard InChI is InChI=1S/C29H23ClN6O6/c1-42-29(41)22-8-4-7-21-26(22)23(19-5-2-3-6-20(19)28(39)40)14-35(27(21)31-16-37)25(38)12-9-17-13-18(30)10-11-24(17)36-15-32-33-34-36/h2-13,15-16,23,27H,14H2,1H3,(H,31,37)(H,39,40)/b12-9+. The molecule has 0 bridgehead atoms. The van der Waals surface area contributed by atoms with E-state index >= 15 is 0 Å². The first-order chi connectivity index (χ1) is 20.3. The number of nitrogens with zero attached hydrogens (tertiary/aromatic N) is 5. The van der Waals surface area contributed by atoms with Gasteiger partial charge in [-0.05, 0) is 63.5 Å². The molecule has 3 aromatic carbocycles. The molecular weight excluding hydrogens is 564 g/mol. The number of benzene rings is 3. The monoisotopic (exact) mass is 586 g/mol. The zero-order chi connectivity index (χ0) is 29.8. The Morgan fingerprint density at radius 3 is 2.55 bits per heavy atom. The zero-order valence-corrected chi connectivity index (χ0v) is 22.8. The molecule has 2 unspecified atom stereocenters. The van der Waals surface area contributed by atoms with E-state index in [4.69, 9.17) is 16.3 Å². The van der Waals surface area contributed by atoms with Crippen molar-refractivity contribution < 1.29 is 29.0 Å². The fraction of sp³-hybridized carbons (Fsp3) is 0.138. The lowest BCUT2D eigenvalue weighted by Crippen LogP contribution is -2.47. The number of nitrogens with one attached hydrogen (secondary N) is 1. The molecule has 212 valence electrons. The number of esters is 1. The SMILES string of the molecule is COC(=O)c1cccc2c1C(c1ccccc1C(=O)O)CN(C(=O)/C=C/c1cc(Cl)ccc1-n1cnnn1)C2NC=O. The first-order valence-corrected chi connectivity index (χ1v) is 13.0. The van der Waals surface area contributed by atoms with Gasteiger partial charge in [-0.1, -0.05) is 41.9 Å². The second-order valence-corrected chi connectivity index (χ2v) is 9.65. The Labute approximate surface area is 244 Å². The molecule has 5 rings (SSSR count). The molecule has 2 N–H and O–H groups in total. The maximum absolute atomic E-state index is 13.8. The molecule has 0 spiro atoms. The maximum Gasteiger partial charge on any atom is 0.338 e. The number of amides is 2. The molecule has 1 aromatic heterocycles. The highest BCUT2D eigenvalue weighted by molar-refractivity contribution is 6.30. The number of hydrogen-bond acceptors (Lipinski definition) is 8. The third kappa shape index (κ3) is 5.34.